The van der Waals surface area contributed by atoms with E-state index >= 15 is 0 Å². The standard InChI is InChI=1S/C9H6BrF3N2/c10-7-1-2-8(6(3-7)4-14)15-5-9(11,12)13/h1-3,15H,5H2. The van der Waals surface area contributed by atoms with Crippen molar-refractivity contribution >= 4 is 21.6 Å². The Morgan fingerprint density at radius 1 is 1.40 bits per heavy atom. The zero-order valence-corrected chi connectivity index (χ0v) is 8.98. The van der Waals surface area contributed by atoms with Crippen molar-refractivity contribution in [3.63, 3.8) is 0 Å². The van der Waals surface area contributed by atoms with Gasteiger partial charge in [0.15, 0.2) is 0 Å². The lowest BCUT2D eigenvalue weighted by atomic mass is 10.2. The molecule has 0 radical (unpaired) electrons. The van der Waals surface area contributed by atoms with Crippen LogP contribution < -0.4 is 5.32 Å². The van der Waals surface area contributed by atoms with Crippen LogP contribution in [0.1, 0.15) is 5.56 Å². The molecule has 0 saturated carbocycles. The molecule has 0 heterocycles. The topological polar surface area (TPSA) is 35.8 Å². The van der Waals surface area contributed by atoms with Crippen molar-refractivity contribution in [1.82, 2.24) is 0 Å². The molecule has 0 aliphatic rings. The highest BCUT2D eigenvalue weighted by molar-refractivity contribution is 9.10. The van der Waals surface area contributed by atoms with Crippen molar-refractivity contribution in [2.24, 2.45) is 0 Å². The van der Waals surface area contributed by atoms with Crippen LogP contribution in [0.3, 0.4) is 0 Å². The minimum absolute atomic E-state index is 0.175. The monoisotopic (exact) mass is 278 g/mol. The molecule has 1 rings (SSSR count). The average Bonchev–Trinajstić information content (AvgIpc) is 2.14. The van der Waals surface area contributed by atoms with E-state index in [1.54, 1.807) is 6.07 Å². The minimum atomic E-state index is -4.29. The number of nitriles is 1. The summed E-state index contributed by atoms with van der Waals surface area (Å²) in [5.41, 5.74) is 0.353. The summed E-state index contributed by atoms with van der Waals surface area (Å²) in [4.78, 5) is 0. The molecule has 0 spiro atoms. The number of alkyl halides is 3. The molecule has 0 fully saturated rings. The zero-order valence-electron chi connectivity index (χ0n) is 7.40. The van der Waals surface area contributed by atoms with E-state index in [1.165, 1.54) is 12.1 Å². The molecule has 0 aliphatic carbocycles. The fraction of sp³-hybridized carbons (Fsp3) is 0.222. The number of rotatable bonds is 2. The van der Waals surface area contributed by atoms with E-state index in [4.69, 9.17) is 5.26 Å². The third kappa shape index (κ3) is 3.80. The van der Waals surface area contributed by atoms with Crippen LogP contribution in [0, 0.1) is 11.3 Å². The number of halogens is 4. The van der Waals surface area contributed by atoms with Crippen LogP contribution in [0.25, 0.3) is 0 Å². The van der Waals surface area contributed by atoms with Gasteiger partial charge in [0.25, 0.3) is 0 Å². The highest BCUT2D eigenvalue weighted by Crippen LogP contribution is 2.22. The summed E-state index contributed by atoms with van der Waals surface area (Å²) in [6.45, 7) is -1.15. The number of hydrogen-bond donors (Lipinski definition) is 1. The van der Waals surface area contributed by atoms with Gasteiger partial charge >= 0.3 is 6.18 Å². The smallest absolute Gasteiger partial charge is 0.375 e. The maximum Gasteiger partial charge on any atom is 0.405 e. The van der Waals surface area contributed by atoms with Gasteiger partial charge in [0.05, 0.1) is 11.3 Å². The number of anilines is 1. The Morgan fingerprint density at radius 2 is 2.07 bits per heavy atom. The molecule has 0 bridgehead atoms. The molecule has 0 aromatic heterocycles. The molecule has 0 unspecified atom stereocenters. The molecule has 2 nitrogen and oxygen atoms in total. The first-order valence-corrected chi connectivity index (χ1v) is 4.72. The highest BCUT2D eigenvalue weighted by atomic mass is 79.9. The maximum atomic E-state index is 11.9. The first kappa shape index (κ1) is 11.9. The molecule has 1 aromatic carbocycles. The largest absolute Gasteiger partial charge is 0.405 e. The zero-order chi connectivity index (χ0) is 11.5. The highest BCUT2D eigenvalue weighted by Gasteiger charge is 2.26. The summed E-state index contributed by atoms with van der Waals surface area (Å²) in [6, 6.07) is 6.26. The Bertz CT molecular complexity index is 395. The third-order valence-corrected chi connectivity index (χ3v) is 2.07. The van der Waals surface area contributed by atoms with Gasteiger partial charge in [0, 0.05) is 4.47 Å². The predicted octanol–water partition coefficient (Wildman–Crippen LogP) is 3.29. The number of hydrogen-bond acceptors (Lipinski definition) is 2. The van der Waals surface area contributed by atoms with E-state index in [0.29, 0.717) is 4.47 Å². The molecule has 80 valence electrons. The van der Waals surface area contributed by atoms with Crippen LogP contribution in [-0.2, 0) is 0 Å². The Kier molecular flexibility index (Phi) is 3.58. The number of nitrogens with one attached hydrogen (secondary N) is 1. The van der Waals surface area contributed by atoms with Crippen LogP contribution in [0.15, 0.2) is 22.7 Å². The summed E-state index contributed by atoms with van der Waals surface area (Å²) >= 11 is 3.13. The summed E-state index contributed by atoms with van der Waals surface area (Å²) in [7, 11) is 0. The third-order valence-electron chi connectivity index (χ3n) is 1.58. The van der Waals surface area contributed by atoms with Gasteiger partial charge in [0.1, 0.15) is 12.6 Å². The minimum Gasteiger partial charge on any atom is -0.375 e. The molecule has 1 aromatic rings. The van der Waals surface area contributed by atoms with Crippen molar-refractivity contribution in [1.29, 1.82) is 5.26 Å². The van der Waals surface area contributed by atoms with Gasteiger partial charge in [-0.2, -0.15) is 18.4 Å². The first-order valence-electron chi connectivity index (χ1n) is 3.92. The summed E-state index contributed by atoms with van der Waals surface area (Å²) in [6.07, 6.45) is -4.29. The molecule has 1 N–H and O–H groups in total. The lowest BCUT2D eigenvalue weighted by Gasteiger charge is -2.10. The molecular formula is C9H6BrF3N2. The molecule has 0 saturated heterocycles. The Balaban J connectivity index is 2.82. The Morgan fingerprint density at radius 3 is 2.60 bits per heavy atom. The SMILES string of the molecule is N#Cc1cc(Br)ccc1NCC(F)(F)F. The second-order valence-electron chi connectivity index (χ2n) is 2.77. The molecule has 6 heteroatoms. The van der Waals surface area contributed by atoms with Crippen molar-refractivity contribution in [3.05, 3.63) is 28.2 Å². The van der Waals surface area contributed by atoms with Gasteiger partial charge in [-0.15, -0.1) is 0 Å². The van der Waals surface area contributed by atoms with Crippen molar-refractivity contribution in [2.45, 2.75) is 6.18 Å². The fourth-order valence-electron chi connectivity index (χ4n) is 0.959. The maximum absolute atomic E-state index is 11.9. The number of nitrogens with zero attached hydrogens (tertiary/aromatic N) is 1. The normalized spacial score (nSPS) is 10.9. The second-order valence-corrected chi connectivity index (χ2v) is 3.69. The van der Waals surface area contributed by atoms with Crippen molar-refractivity contribution < 1.29 is 13.2 Å². The van der Waals surface area contributed by atoms with E-state index in [1.807, 2.05) is 6.07 Å². The second kappa shape index (κ2) is 4.53. The molecule has 0 aliphatic heterocycles. The van der Waals surface area contributed by atoms with Crippen molar-refractivity contribution in [2.75, 3.05) is 11.9 Å². The predicted molar refractivity (Wildman–Crippen MR) is 53.4 cm³/mol. The van der Waals surface area contributed by atoms with E-state index < -0.39 is 12.7 Å². The van der Waals surface area contributed by atoms with Crippen LogP contribution in [0.4, 0.5) is 18.9 Å². The van der Waals surface area contributed by atoms with Crippen LogP contribution in [0.5, 0.6) is 0 Å². The lowest BCUT2D eigenvalue weighted by Crippen LogP contribution is -2.21. The molecule has 15 heavy (non-hydrogen) atoms. The lowest BCUT2D eigenvalue weighted by molar-refractivity contribution is -0.115. The summed E-state index contributed by atoms with van der Waals surface area (Å²) in [5, 5.41) is 10.8. The van der Waals surface area contributed by atoms with Crippen LogP contribution in [-0.4, -0.2) is 12.7 Å². The van der Waals surface area contributed by atoms with Gasteiger partial charge in [-0.25, -0.2) is 0 Å². The van der Waals surface area contributed by atoms with E-state index in [-0.39, 0.29) is 11.3 Å². The van der Waals surface area contributed by atoms with Crippen LogP contribution >= 0.6 is 15.9 Å². The van der Waals surface area contributed by atoms with E-state index in [2.05, 4.69) is 21.2 Å². The summed E-state index contributed by atoms with van der Waals surface area (Å²) in [5.74, 6) is 0. The average molecular weight is 279 g/mol. The fourth-order valence-corrected chi connectivity index (χ4v) is 1.32. The van der Waals surface area contributed by atoms with Gasteiger partial charge in [0.2, 0.25) is 0 Å². The van der Waals surface area contributed by atoms with Gasteiger partial charge < -0.3 is 5.32 Å². The van der Waals surface area contributed by atoms with Gasteiger partial charge in [-0.05, 0) is 18.2 Å². The van der Waals surface area contributed by atoms with Crippen molar-refractivity contribution in [3.8, 4) is 6.07 Å². The van der Waals surface area contributed by atoms with Gasteiger partial charge in [-0.3, -0.25) is 0 Å². The van der Waals surface area contributed by atoms with E-state index in [0.717, 1.165) is 0 Å². The molecular weight excluding hydrogens is 273 g/mol. The quantitative estimate of drug-likeness (QED) is 0.901. The molecule has 0 atom stereocenters. The van der Waals surface area contributed by atoms with Crippen LogP contribution in [0.2, 0.25) is 0 Å². The Hall–Kier alpha value is -1.22. The summed E-state index contributed by atoms with van der Waals surface area (Å²) < 4.78 is 36.4. The van der Waals surface area contributed by atoms with Gasteiger partial charge in [-0.1, -0.05) is 15.9 Å². The van der Waals surface area contributed by atoms with E-state index in [9.17, 15) is 13.2 Å². The number of benzene rings is 1. The Labute approximate surface area is 92.8 Å². The molecule has 0 amide bonds. The first-order chi connectivity index (χ1) is 6.92.